The summed E-state index contributed by atoms with van der Waals surface area (Å²) >= 11 is 1.34. The number of carbonyl (C=O) groups excluding carboxylic acids is 1. The third kappa shape index (κ3) is 3.72. The minimum absolute atomic E-state index is 0.0501. The van der Waals surface area contributed by atoms with Gasteiger partial charge in [-0.15, -0.1) is 5.10 Å². The van der Waals surface area contributed by atoms with Gasteiger partial charge >= 0.3 is 0 Å². The zero-order chi connectivity index (χ0) is 18.8. The van der Waals surface area contributed by atoms with Gasteiger partial charge < -0.3 is 4.90 Å². The van der Waals surface area contributed by atoms with Gasteiger partial charge in [-0.3, -0.25) is 4.79 Å². The van der Waals surface area contributed by atoms with Crippen molar-refractivity contribution in [1.82, 2.24) is 24.5 Å². The lowest BCUT2D eigenvalue weighted by molar-refractivity contribution is -0.127. The Bertz CT molecular complexity index is 966. The van der Waals surface area contributed by atoms with Crippen LogP contribution in [0, 0.1) is 27.7 Å². The maximum atomic E-state index is 12.4. The molecule has 1 amide bonds. The fourth-order valence-electron chi connectivity index (χ4n) is 2.67. The van der Waals surface area contributed by atoms with Crippen molar-refractivity contribution < 1.29 is 4.79 Å². The second kappa shape index (κ2) is 7.45. The number of carbonyl (C=O) groups is 1. The first-order valence-electron chi connectivity index (χ1n) is 8.48. The molecule has 6 nitrogen and oxygen atoms in total. The van der Waals surface area contributed by atoms with Crippen molar-refractivity contribution >= 4 is 23.4 Å². The van der Waals surface area contributed by atoms with Gasteiger partial charge in [-0.1, -0.05) is 36.0 Å². The van der Waals surface area contributed by atoms with Gasteiger partial charge in [0.2, 0.25) is 11.1 Å². The normalized spacial score (nSPS) is 11.1. The highest BCUT2D eigenvalue weighted by Crippen LogP contribution is 2.18. The Labute approximate surface area is 157 Å². The van der Waals surface area contributed by atoms with Crippen LogP contribution in [0.15, 0.2) is 29.4 Å². The fraction of sp³-hybridized carbons (Fsp3) is 0.368. The fourth-order valence-corrected chi connectivity index (χ4v) is 3.42. The van der Waals surface area contributed by atoms with E-state index in [1.54, 1.807) is 9.42 Å². The number of rotatable bonds is 5. The van der Waals surface area contributed by atoms with Gasteiger partial charge in [0.1, 0.15) is 0 Å². The maximum Gasteiger partial charge on any atom is 0.253 e. The average Bonchev–Trinajstić information content (AvgIpc) is 3.02. The zero-order valence-corrected chi connectivity index (χ0v) is 16.6. The molecule has 0 fully saturated rings. The molecule has 3 aromatic rings. The van der Waals surface area contributed by atoms with Crippen molar-refractivity contribution in [3.8, 4) is 0 Å². The molecule has 0 radical (unpaired) electrons. The van der Waals surface area contributed by atoms with Gasteiger partial charge in [0.15, 0.2) is 0 Å². The molecule has 0 spiro atoms. The Kier molecular flexibility index (Phi) is 5.27. The van der Waals surface area contributed by atoms with Crippen LogP contribution in [0.2, 0.25) is 0 Å². The van der Waals surface area contributed by atoms with Crippen LogP contribution in [-0.2, 0) is 11.3 Å². The van der Waals surface area contributed by atoms with Gasteiger partial charge in [0, 0.05) is 25.0 Å². The standard InChI is InChI=1S/C19H23N5OS/c1-12-8-6-7-9-16(12)10-23(5)17(25)11-26-19-21-18-20-14(3)13(2)15(4)24(18)22-19/h6-9H,10-11H2,1-5H3. The van der Waals surface area contributed by atoms with Gasteiger partial charge in [0.25, 0.3) is 5.78 Å². The number of hydrogen-bond acceptors (Lipinski definition) is 5. The first-order chi connectivity index (χ1) is 12.4. The van der Waals surface area contributed by atoms with Crippen LogP contribution in [-0.4, -0.2) is 43.2 Å². The monoisotopic (exact) mass is 369 g/mol. The van der Waals surface area contributed by atoms with E-state index in [2.05, 4.69) is 34.1 Å². The molecule has 0 N–H and O–H groups in total. The zero-order valence-electron chi connectivity index (χ0n) is 15.8. The lowest BCUT2D eigenvalue weighted by atomic mass is 10.1. The van der Waals surface area contributed by atoms with E-state index in [0.29, 0.717) is 23.2 Å². The second-order valence-corrected chi connectivity index (χ2v) is 7.42. The molecule has 0 saturated heterocycles. The molecule has 0 aliphatic carbocycles. The largest absolute Gasteiger partial charge is 0.341 e. The highest BCUT2D eigenvalue weighted by Gasteiger charge is 2.15. The van der Waals surface area contributed by atoms with E-state index in [4.69, 9.17) is 0 Å². The minimum atomic E-state index is 0.0501. The Balaban J connectivity index is 1.67. The summed E-state index contributed by atoms with van der Waals surface area (Å²) in [6, 6.07) is 8.11. The van der Waals surface area contributed by atoms with E-state index in [1.165, 1.54) is 17.3 Å². The number of aryl methyl sites for hydroxylation is 3. The summed E-state index contributed by atoms with van der Waals surface area (Å²) in [5.41, 5.74) is 5.43. The van der Waals surface area contributed by atoms with Gasteiger partial charge in [-0.25, -0.2) is 9.50 Å². The number of benzene rings is 1. The van der Waals surface area contributed by atoms with E-state index in [9.17, 15) is 4.79 Å². The predicted molar refractivity (Wildman–Crippen MR) is 103 cm³/mol. The first kappa shape index (κ1) is 18.4. The first-order valence-corrected chi connectivity index (χ1v) is 9.47. The number of nitrogens with zero attached hydrogens (tertiary/aromatic N) is 5. The molecule has 3 rings (SSSR count). The minimum Gasteiger partial charge on any atom is -0.341 e. The summed E-state index contributed by atoms with van der Waals surface area (Å²) in [5.74, 6) is 0.930. The van der Waals surface area contributed by atoms with Crippen molar-refractivity contribution in [2.75, 3.05) is 12.8 Å². The highest BCUT2D eigenvalue weighted by molar-refractivity contribution is 7.99. The molecule has 2 aromatic heterocycles. The second-order valence-electron chi connectivity index (χ2n) is 6.48. The molecule has 2 heterocycles. The van der Waals surface area contributed by atoms with E-state index in [1.807, 2.05) is 40.0 Å². The Hall–Kier alpha value is -2.41. The van der Waals surface area contributed by atoms with Gasteiger partial charge in [-0.2, -0.15) is 4.98 Å². The molecule has 26 heavy (non-hydrogen) atoms. The summed E-state index contributed by atoms with van der Waals surface area (Å²) in [4.78, 5) is 23.1. The SMILES string of the molecule is Cc1ccccc1CN(C)C(=O)CSc1nc2nc(C)c(C)c(C)n2n1. The highest BCUT2D eigenvalue weighted by atomic mass is 32.2. The van der Waals surface area contributed by atoms with Crippen molar-refractivity contribution in [3.63, 3.8) is 0 Å². The number of aromatic nitrogens is 4. The topological polar surface area (TPSA) is 63.4 Å². The summed E-state index contributed by atoms with van der Waals surface area (Å²) in [6.45, 7) is 8.65. The number of thioether (sulfide) groups is 1. The molecule has 1 aromatic carbocycles. The number of amides is 1. The van der Waals surface area contributed by atoms with Crippen molar-refractivity contribution in [3.05, 3.63) is 52.3 Å². The van der Waals surface area contributed by atoms with E-state index < -0.39 is 0 Å². The van der Waals surface area contributed by atoms with Gasteiger partial charge in [0.05, 0.1) is 5.75 Å². The Morgan fingerprint density at radius 3 is 2.62 bits per heavy atom. The molecule has 136 valence electrons. The summed E-state index contributed by atoms with van der Waals surface area (Å²) in [5, 5.41) is 5.05. The lowest BCUT2D eigenvalue weighted by Gasteiger charge is -2.18. The summed E-state index contributed by atoms with van der Waals surface area (Å²) in [6.07, 6.45) is 0. The molecular weight excluding hydrogens is 346 g/mol. The van der Waals surface area contributed by atoms with Crippen LogP contribution in [0.5, 0.6) is 0 Å². The molecule has 0 aliphatic rings. The molecule has 7 heteroatoms. The van der Waals surface area contributed by atoms with Crippen LogP contribution in [0.1, 0.15) is 28.1 Å². The lowest BCUT2D eigenvalue weighted by Crippen LogP contribution is -2.28. The van der Waals surface area contributed by atoms with E-state index in [-0.39, 0.29) is 5.91 Å². The summed E-state index contributed by atoms with van der Waals surface area (Å²) < 4.78 is 1.74. The maximum absolute atomic E-state index is 12.4. The van der Waals surface area contributed by atoms with Crippen molar-refractivity contribution in [2.45, 2.75) is 39.4 Å². The van der Waals surface area contributed by atoms with Crippen molar-refractivity contribution in [1.29, 1.82) is 0 Å². The Morgan fingerprint density at radius 1 is 1.15 bits per heavy atom. The molecule has 0 atom stereocenters. The van der Waals surface area contributed by atoms with E-state index >= 15 is 0 Å². The molecule has 0 bridgehead atoms. The van der Waals surface area contributed by atoms with Crippen molar-refractivity contribution in [2.24, 2.45) is 0 Å². The number of fused-ring (bicyclic) bond motifs is 1. The van der Waals surface area contributed by atoms with E-state index in [0.717, 1.165) is 22.5 Å². The molecule has 0 saturated carbocycles. The third-order valence-electron chi connectivity index (χ3n) is 4.66. The molecular formula is C19H23N5OS. The smallest absolute Gasteiger partial charge is 0.253 e. The van der Waals surface area contributed by atoms with Crippen LogP contribution < -0.4 is 0 Å². The summed E-state index contributed by atoms with van der Waals surface area (Å²) in [7, 11) is 1.82. The van der Waals surface area contributed by atoms with Crippen LogP contribution in [0.4, 0.5) is 0 Å². The van der Waals surface area contributed by atoms with Crippen LogP contribution >= 0.6 is 11.8 Å². The third-order valence-corrected chi connectivity index (χ3v) is 5.48. The average molecular weight is 369 g/mol. The molecule has 0 aliphatic heterocycles. The number of hydrogen-bond donors (Lipinski definition) is 0. The van der Waals surface area contributed by atoms with Crippen LogP contribution in [0.3, 0.4) is 0 Å². The van der Waals surface area contributed by atoms with Gasteiger partial charge in [-0.05, 0) is 44.4 Å². The van der Waals surface area contributed by atoms with Crippen LogP contribution in [0.25, 0.3) is 5.78 Å². The Morgan fingerprint density at radius 2 is 1.88 bits per heavy atom. The quantitative estimate of drug-likeness (QED) is 0.647. The predicted octanol–water partition coefficient (Wildman–Crippen LogP) is 3.11. The molecule has 0 unspecified atom stereocenters.